The summed E-state index contributed by atoms with van der Waals surface area (Å²) in [5, 5.41) is 6.13. The molecule has 3 nitrogen and oxygen atoms in total. The van der Waals surface area contributed by atoms with Gasteiger partial charge >= 0.3 is 0 Å². The van der Waals surface area contributed by atoms with Crippen molar-refractivity contribution in [2.24, 2.45) is 5.92 Å². The predicted octanol–water partition coefficient (Wildman–Crippen LogP) is 2.99. The molecule has 3 rings (SSSR count). The molecule has 3 heteroatoms. The molecule has 1 saturated heterocycles. The zero-order valence-corrected chi connectivity index (χ0v) is 11.6. The smallest absolute Gasteiger partial charge is 0.134 e. The minimum absolute atomic E-state index is 0.523. The molecule has 2 atom stereocenters. The summed E-state index contributed by atoms with van der Waals surface area (Å²) in [4.78, 5) is 6.93. The number of aromatic nitrogens is 1. The van der Waals surface area contributed by atoms with Crippen LogP contribution in [0, 0.1) is 5.92 Å². The van der Waals surface area contributed by atoms with Crippen LogP contribution in [0.4, 0.5) is 5.82 Å². The first-order valence-corrected chi connectivity index (χ1v) is 7.03. The normalized spacial score (nSPS) is 24.5. The van der Waals surface area contributed by atoms with E-state index >= 15 is 0 Å². The fourth-order valence-electron chi connectivity index (χ4n) is 2.98. The summed E-state index contributed by atoms with van der Waals surface area (Å²) in [6, 6.07) is 11.0. The number of anilines is 1. The summed E-state index contributed by atoms with van der Waals surface area (Å²) in [5.41, 5.74) is 0. The lowest BCUT2D eigenvalue weighted by molar-refractivity contribution is 0.206. The number of piperidine rings is 1. The lowest BCUT2D eigenvalue weighted by Crippen LogP contribution is -2.43. The second-order valence-corrected chi connectivity index (χ2v) is 5.66. The van der Waals surface area contributed by atoms with E-state index in [0.29, 0.717) is 12.0 Å². The van der Waals surface area contributed by atoms with Gasteiger partial charge in [0.25, 0.3) is 0 Å². The molecule has 2 aromatic rings. The molecule has 1 aliphatic rings. The zero-order chi connectivity index (χ0) is 13.2. The van der Waals surface area contributed by atoms with Crippen molar-refractivity contribution in [1.82, 2.24) is 9.88 Å². The summed E-state index contributed by atoms with van der Waals surface area (Å²) >= 11 is 0. The van der Waals surface area contributed by atoms with Crippen molar-refractivity contribution < 1.29 is 0 Å². The Hall–Kier alpha value is -1.61. The van der Waals surface area contributed by atoms with E-state index in [9.17, 15) is 0 Å². The highest BCUT2D eigenvalue weighted by molar-refractivity contribution is 5.91. The Kier molecular flexibility index (Phi) is 3.38. The number of likely N-dealkylation sites (tertiary alicyclic amines) is 1. The van der Waals surface area contributed by atoms with Gasteiger partial charge in [-0.25, -0.2) is 4.98 Å². The molecule has 0 spiro atoms. The van der Waals surface area contributed by atoms with Gasteiger partial charge in [0.1, 0.15) is 5.82 Å². The van der Waals surface area contributed by atoms with Crippen LogP contribution in [-0.2, 0) is 0 Å². The maximum absolute atomic E-state index is 4.53. The first-order chi connectivity index (χ1) is 9.24. The molecule has 0 aliphatic carbocycles. The van der Waals surface area contributed by atoms with Crippen molar-refractivity contribution in [3.8, 4) is 0 Å². The van der Waals surface area contributed by atoms with Gasteiger partial charge in [-0.2, -0.15) is 0 Å². The van der Waals surface area contributed by atoms with Crippen molar-refractivity contribution in [3.05, 3.63) is 36.5 Å². The van der Waals surface area contributed by atoms with E-state index in [1.807, 2.05) is 6.20 Å². The number of benzene rings is 1. The number of nitrogens with zero attached hydrogens (tertiary/aromatic N) is 2. The maximum atomic E-state index is 4.53. The molecule has 1 aromatic heterocycles. The van der Waals surface area contributed by atoms with Crippen LogP contribution in [-0.4, -0.2) is 36.1 Å². The number of hydrogen-bond donors (Lipinski definition) is 1. The van der Waals surface area contributed by atoms with Crippen LogP contribution in [0.1, 0.15) is 13.3 Å². The van der Waals surface area contributed by atoms with Gasteiger partial charge in [-0.3, -0.25) is 0 Å². The molecule has 1 aromatic carbocycles. The average Bonchev–Trinajstić information content (AvgIpc) is 2.42. The fourth-order valence-corrected chi connectivity index (χ4v) is 2.98. The van der Waals surface area contributed by atoms with Crippen molar-refractivity contribution in [2.75, 3.05) is 25.5 Å². The van der Waals surface area contributed by atoms with E-state index in [1.165, 1.54) is 17.2 Å². The van der Waals surface area contributed by atoms with Crippen molar-refractivity contribution in [1.29, 1.82) is 0 Å². The third kappa shape index (κ3) is 2.56. The van der Waals surface area contributed by atoms with Crippen LogP contribution in [0.25, 0.3) is 10.8 Å². The molecule has 2 unspecified atom stereocenters. The van der Waals surface area contributed by atoms with Crippen LogP contribution >= 0.6 is 0 Å². The van der Waals surface area contributed by atoms with E-state index < -0.39 is 0 Å². The zero-order valence-electron chi connectivity index (χ0n) is 11.6. The van der Waals surface area contributed by atoms with Gasteiger partial charge in [0, 0.05) is 24.2 Å². The summed E-state index contributed by atoms with van der Waals surface area (Å²) in [6.45, 7) is 4.63. The van der Waals surface area contributed by atoms with Crippen LogP contribution in [0.3, 0.4) is 0 Å². The van der Waals surface area contributed by atoms with Crippen LogP contribution < -0.4 is 5.32 Å². The number of rotatable bonds is 2. The quantitative estimate of drug-likeness (QED) is 0.894. The highest BCUT2D eigenvalue weighted by Crippen LogP contribution is 2.25. The number of pyridine rings is 1. The minimum Gasteiger partial charge on any atom is -0.366 e. The number of hydrogen-bond acceptors (Lipinski definition) is 3. The highest BCUT2D eigenvalue weighted by Gasteiger charge is 2.24. The van der Waals surface area contributed by atoms with Gasteiger partial charge in [-0.05, 0) is 37.4 Å². The molecular weight excluding hydrogens is 234 g/mol. The van der Waals surface area contributed by atoms with Gasteiger partial charge in [-0.1, -0.05) is 31.2 Å². The fraction of sp³-hybridized carbons (Fsp3) is 0.438. The molecular formula is C16H21N3. The van der Waals surface area contributed by atoms with Crippen molar-refractivity contribution in [3.63, 3.8) is 0 Å². The largest absolute Gasteiger partial charge is 0.366 e. The van der Waals surface area contributed by atoms with Gasteiger partial charge in [0.2, 0.25) is 0 Å². The van der Waals surface area contributed by atoms with Gasteiger partial charge in [0.05, 0.1) is 0 Å². The first kappa shape index (κ1) is 12.4. The van der Waals surface area contributed by atoms with E-state index in [4.69, 9.17) is 0 Å². The maximum Gasteiger partial charge on any atom is 0.134 e. The highest BCUT2D eigenvalue weighted by atomic mass is 15.1. The van der Waals surface area contributed by atoms with E-state index in [2.05, 4.69) is 59.5 Å². The summed E-state index contributed by atoms with van der Waals surface area (Å²) in [5.74, 6) is 1.68. The molecule has 1 N–H and O–H groups in total. The van der Waals surface area contributed by atoms with Gasteiger partial charge in [0.15, 0.2) is 0 Å². The molecule has 0 radical (unpaired) electrons. The Balaban J connectivity index is 1.85. The lowest BCUT2D eigenvalue weighted by Gasteiger charge is -2.35. The van der Waals surface area contributed by atoms with Gasteiger partial charge in [-0.15, -0.1) is 0 Å². The molecule has 19 heavy (non-hydrogen) atoms. The Morgan fingerprint density at radius 1 is 1.26 bits per heavy atom. The summed E-state index contributed by atoms with van der Waals surface area (Å²) < 4.78 is 0. The van der Waals surface area contributed by atoms with Crippen LogP contribution in [0.2, 0.25) is 0 Å². The third-order valence-electron chi connectivity index (χ3n) is 4.10. The Labute approximate surface area is 114 Å². The molecule has 100 valence electrons. The summed E-state index contributed by atoms with van der Waals surface area (Å²) in [6.07, 6.45) is 3.08. The minimum atomic E-state index is 0.523. The second kappa shape index (κ2) is 5.17. The molecule has 0 bridgehead atoms. The first-order valence-electron chi connectivity index (χ1n) is 7.03. The Morgan fingerprint density at radius 2 is 2.11 bits per heavy atom. The lowest BCUT2D eigenvalue weighted by atomic mass is 9.94. The Morgan fingerprint density at radius 3 is 2.95 bits per heavy atom. The molecule has 2 heterocycles. The topological polar surface area (TPSA) is 28.2 Å². The van der Waals surface area contributed by atoms with Crippen LogP contribution in [0.5, 0.6) is 0 Å². The molecule has 0 amide bonds. The summed E-state index contributed by atoms with van der Waals surface area (Å²) in [7, 11) is 2.20. The number of fused-ring (bicyclic) bond motifs is 1. The molecule has 1 aliphatic heterocycles. The van der Waals surface area contributed by atoms with Crippen molar-refractivity contribution in [2.45, 2.75) is 19.4 Å². The van der Waals surface area contributed by atoms with E-state index in [1.54, 1.807) is 0 Å². The van der Waals surface area contributed by atoms with Gasteiger partial charge < -0.3 is 10.2 Å². The molecule has 1 fully saturated rings. The van der Waals surface area contributed by atoms with E-state index in [0.717, 1.165) is 18.9 Å². The molecule has 0 saturated carbocycles. The average molecular weight is 255 g/mol. The Bertz CT molecular complexity index is 561. The van der Waals surface area contributed by atoms with Crippen molar-refractivity contribution >= 4 is 16.6 Å². The van der Waals surface area contributed by atoms with E-state index in [-0.39, 0.29) is 0 Å². The SMILES string of the molecule is CC1CN(C)CCC1Nc1nccc2ccccc12. The third-order valence-corrected chi connectivity index (χ3v) is 4.10. The predicted molar refractivity (Wildman–Crippen MR) is 80.4 cm³/mol. The number of nitrogens with one attached hydrogen (secondary N) is 1. The standard InChI is InChI=1S/C16H21N3/c1-12-11-19(2)10-8-15(12)18-16-14-6-4-3-5-13(14)7-9-17-16/h3-7,9,12,15H,8,10-11H2,1-2H3,(H,17,18). The second-order valence-electron chi connectivity index (χ2n) is 5.66. The monoisotopic (exact) mass is 255 g/mol. The van der Waals surface area contributed by atoms with Crippen LogP contribution in [0.15, 0.2) is 36.5 Å².